The standard InChI is InChI=1S/C14H23N3O2/c1-18-11-9-17(8-7-14(15)16)10-12-19-13-5-3-2-4-6-13/h2-6H,7-12H2,1H3,(H3,15,16). The summed E-state index contributed by atoms with van der Waals surface area (Å²) in [5.74, 6) is 1.09. The number of nitrogens with one attached hydrogen (secondary N) is 1. The van der Waals surface area contributed by atoms with E-state index in [2.05, 4.69) is 4.90 Å². The molecule has 1 aromatic carbocycles. The number of methoxy groups -OCH3 is 1. The molecule has 0 bridgehead atoms. The molecule has 0 spiro atoms. The van der Waals surface area contributed by atoms with Crippen molar-refractivity contribution in [3.63, 3.8) is 0 Å². The number of para-hydroxylation sites is 1. The molecule has 5 heteroatoms. The molecule has 0 aliphatic carbocycles. The van der Waals surface area contributed by atoms with Crippen LogP contribution in [0.5, 0.6) is 5.75 Å². The Balaban J connectivity index is 2.28. The summed E-state index contributed by atoms with van der Waals surface area (Å²) in [6.07, 6.45) is 0.578. The van der Waals surface area contributed by atoms with Crippen molar-refractivity contribution in [1.82, 2.24) is 4.90 Å². The van der Waals surface area contributed by atoms with E-state index < -0.39 is 0 Å². The van der Waals surface area contributed by atoms with Gasteiger partial charge in [-0.3, -0.25) is 10.3 Å². The average molecular weight is 265 g/mol. The van der Waals surface area contributed by atoms with Crippen molar-refractivity contribution < 1.29 is 9.47 Å². The molecule has 0 aliphatic heterocycles. The van der Waals surface area contributed by atoms with E-state index in [1.165, 1.54) is 0 Å². The highest BCUT2D eigenvalue weighted by Gasteiger charge is 2.05. The zero-order valence-corrected chi connectivity index (χ0v) is 11.5. The van der Waals surface area contributed by atoms with E-state index in [9.17, 15) is 0 Å². The summed E-state index contributed by atoms with van der Waals surface area (Å²) in [5, 5.41) is 7.26. The first kappa shape index (κ1) is 15.5. The minimum Gasteiger partial charge on any atom is -0.492 e. The van der Waals surface area contributed by atoms with Crippen molar-refractivity contribution in [2.45, 2.75) is 6.42 Å². The lowest BCUT2D eigenvalue weighted by atomic mass is 10.3. The van der Waals surface area contributed by atoms with Crippen LogP contribution in [0.15, 0.2) is 30.3 Å². The first-order valence-electron chi connectivity index (χ1n) is 6.44. The minimum atomic E-state index is 0.214. The average Bonchev–Trinajstić information content (AvgIpc) is 2.42. The van der Waals surface area contributed by atoms with Gasteiger partial charge < -0.3 is 15.2 Å². The molecule has 5 nitrogen and oxygen atoms in total. The Kier molecular flexibility index (Phi) is 7.62. The quantitative estimate of drug-likeness (QED) is 0.494. The van der Waals surface area contributed by atoms with Crippen molar-refractivity contribution in [3.05, 3.63) is 30.3 Å². The molecule has 0 amide bonds. The summed E-state index contributed by atoms with van der Waals surface area (Å²) in [5.41, 5.74) is 5.38. The van der Waals surface area contributed by atoms with E-state index in [1.807, 2.05) is 30.3 Å². The molecule has 0 fully saturated rings. The summed E-state index contributed by atoms with van der Waals surface area (Å²) in [7, 11) is 1.68. The first-order chi connectivity index (χ1) is 9.22. The third-order valence-electron chi connectivity index (χ3n) is 2.73. The fourth-order valence-electron chi connectivity index (χ4n) is 1.64. The number of hydrogen-bond acceptors (Lipinski definition) is 4. The van der Waals surface area contributed by atoms with Crippen LogP contribution < -0.4 is 10.5 Å². The van der Waals surface area contributed by atoms with Crippen LogP contribution in [0.1, 0.15) is 6.42 Å². The molecule has 0 atom stereocenters. The minimum absolute atomic E-state index is 0.214. The van der Waals surface area contributed by atoms with Crippen molar-refractivity contribution in [1.29, 1.82) is 5.41 Å². The van der Waals surface area contributed by atoms with Crippen LogP contribution >= 0.6 is 0 Å². The Labute approximate surface area is 114 Å². The van der Waals surface area contributed by atoms with Crippen LogP contribution in [0.3, 0.4) is 0 Å². The summed E-state index contributed by atoms with van der Waals surface area (Å²) in [6, 6.07) is 9.75. The van der Waals surface area contributed by atoms with Crippen LogP contribution in [-0.2, 0) is 4.74 Å². The zero-order valence-electron chi connectivity index (χ0n) is 11.5. The maximum atomic E-state index is 7.26. The molecule has 0 saturated heterocycles. The molecule has 0 unspecified atom stereocenters. The van der Waals surface area contributed by atoms with Crippen LogP contribution in [0.25, 0.3) is 0 Å². The first-order valence-corrected chi connectivity index (χ1v) is 6.44. The van der Waals surface area contributed by atoms with Gasteiger partial charge in [0, 0.05) is 33.2 Å². The van der Waals surface area contributed by atoms with Gasteiger partial charge in [-0.25, -0.2) is 0 Å². The zero-order chi connectivity index (χ0) is 13.9. The number of nitrogens with two attached hydrogens (primary N) is 1. The van der Waals surface area contributed by atoms with Gasteiger partial charge in [0.25, 0.3) is 0 Å². The second kappa shape index (κ2) is 9.35. The topological polar surface area (TPSA) is 71.6 Å². The van der Waals surface area contributed by atoms with Crippen molar-refractivity contribution in [2.75, 3.05) is 40.0 Å². The molecule has 0 aromatic heterocycles. The Bertz CT molecular complexity index is 357. The van der Waals surface area contributed by atoms with Gasteiger partial charge >= 0.3 is 0 Å². The maximum Gasteiger partial charge on any atom is 0.119 e. The summed E-state index contributed by atoms with van der Waals surface area (Å²) in [6.45, 7) is 3.67. The third kappa shape index (κ3) is 7.43. The van der Waals surface area contributed by atoms with Gasteiger partial charge in [0.1, 0.15) is 12.4 Å². The van der Waals surface area contributed by atoms with Gasteiger partial charge in [0.15, 0.2) is 0 Å². The molecule has 0 saturated carbocycles. The second-order valence-corrected chi connectivity index (χ2v) is 4.27. The molecule has 0 heterocycles. The van der Waals surface area contributed by atoms with Gasteiger partial charge in [-0.05, 0) is 12.1 Å². The Hall–Kier alpha value is -1.59. The number of benzene rings is 1. The highest BCUT2D eigenvalue weighted by molar-refractivity contribution is 5.76. The van der Waals surface area contributed by atoms with Crippen molar-refractivity contribution in [3.8, 4) is 5.75 Å². The Morgan fingerprint density at radius 1 is 1.16 bits per heavy atom. The number of nitrogens with zero attached hydrogens (tertiary/aromatic N) is 1. The number of rotatable bonds is 10. The lowest BCUT2D eigenvalue weighted by Crippen LogP contribution is -2.34. The Morgan fingerprint density at radius 2 is 1.84 bits per heavy atom. The fourth-order valence-corrected chi connectivity index (χ4v) is 1.64. The molecule has 1 rings (SSSR count). The number of hydrogen-bond donors (Lipinski definition) is 2. The molecule has 1 aromatic rings. The van der Waals surface area contributed by atoms with Crippen molar-refractivity contribution in [2.24, 2.45) is 5.73 Å². The molecular formula is C14H23N3O2. The van der Waals surface area contributed by atoms with Gasteiger partial charge in [0.2, 0.25) is 0 Å². The van der Waals surface area contributed by atoms with Gasteiger partial charge in [-0.1, -0.05) is 18.2 Å². The van der Waals surface area contributed by atoms with Crippen LogP contribution in [-0.4, -0.2) is 50.7 Å². The van der Waals surface area contributed by atoms with Crippen molar-refractivity contribution >= 4 is 5.84 Å². The van der Waals surface area contributed by atoms with Gasteiger partial charge in [0.05, 0.1) is 12.4 Å². The van der Waals surface area contributed by atoms with Gasteiger partial charge in [-0.2, -0.15) is 0 Å². The summed E-state index contributed by atoms with van der Waals surface area (Å²) < 4.78 is 10.7. The normalized spacial score (nSPS) is 10.6. The smallest absolute Gasteiger partial charge is 0.119 e. The lowest BCUT2D eigenvalue weighted by molar-refractivity contribution is 0.136. The number of amidine groups is 1. The molecule has 106 valence electrons. The molecule has 3 N–H and O–H groups in total. The molecular weight excluding hydrogens is 242 g/mol. The molecule has 0 radical (unpaired) electrons. The van der Waals surface area contributed by atoms with E-state index >= 15 is 0 Å². The van der Waals surface area contributed by atoms with Crippen LogP contribution in [0.2, 0.25) is 0 Å². The second-order valence-electron chi connectivity index (χ2n) is 4.27. The lowest BCUT2D eigenvalue weighted by Gasteiger charge is -2.21. The van der Waals surface area contributed by atoms with Gasteiger partial charge in [-0.15, -0.1) is 0 Å². The Morgan fingerprint density at radius 3 is 2.47 bits per heavy atom. The number of ether oxygens (including phenoxy) is 2. The maximum absolute atomic E-state index is 7.26. The predicted octanol–water partition coefficient (Wildman–Crippen LogP) is 1.34. The monoisotopic (exact) mass is 265 g/mol. The highest BCUT2D eigenvalue weighted by Crippen LogP contribution is 2.08. The summed E-state index contributed by atoms with van der Waals surface area (Å²) >= 11 is 0. The van der Waals surface area contributed by atoms with Crippen LogP contribution in [0, 0.1) is 5.41 Å². The van der Waals surface area contributed by atoms with E-state index in [4.69, 9.17) is 20.6 Å². The predicted molar refractivity (Wildman–Crippen MR) is 76.8 cm³/mol. The van der Waals surface area contributed by atoms with Crippen LogP contribution in [0.4, 0.5) is 0 Å². The largest absolute Gasteiger partial charge is 0.492 e. The van der Waals surface area contributed by atoms with E-state index in [1.54, 1.807) is 7.11 Å². The summed E-state index contributed by atoms with van der Waals surface area (Å²) in [4.78, 5) is 2.19. The van der Waals surface area contributed by atoms with E-state index in [0.717, 1.165) is 25.4 Å². The molecule has 0 aliphatic rings. The van der Waals surface area contributed by atoms with E-state index in [-0.39, 0.29) is 5.84 Å². The fraction of sp³-hybridized carbons (Fsp3) is 0.500. The highest BCUT2D eigenvalue weighted by atomic mass is 16.5. The SMILES string of the molecule is COCCN(CCOc1ccccc1)CCC(=N)N. The van der Waals surface area contributed by atoms with E-state index in [0.29, 0.717) is 19.6 Å². The molecule has 19 heavy (non-hydrogen) atoms. The third-order valence-corrected chi connectivity index (χ3v) is 2.73.